The molecule has 5 heteroatoms. The molecule has 0 fully saturated rings. The van der Waals surface area contributed by atoms with Gasteiger partial charge in [-0.3, -0.25) is 0 Å². The number of esters is 1. The van der Waals surface area contributed by atoms with Gasteiger partial charge in [-0.25, -0.2) is 9.59 Å². The van der Waals surface area contributed by atoms with Crippen molar-refractivity contribution in [2.24, 2.45) is 0 Å². The molecule has 0 saturated heterocycles. The van der Waals surface area contributed by atoms with Gasteiger partial charge in [-0.05, 0) is 32.0 Å². The van der Waals surface area contributed by atoms with Crippen LogP contribution in [0.4, 0.5) is 0 Å². The number of aryl methyl sites for hydroxylation is 1. The van der Waals surface area contributed by atoms with E-state index in [9.17, 15) is 9.59 Å². The van der Waals surface area contributed by atoms with Crippen LogP contribution in [-0.4, -0.2) is 12.6 Å². The molecule has 0 radical (unpaired) electrons. The zero-order valence-corrected chi connectivity index (χ0v) is 11.1. The van der Waals surface area contributed by atoms with E-state index in [0.717, 1.165) is 10.9 Å². The first-order chi connectivity index (χ1) is 9.61. The Hall–Kier alpha value is -2.56. The zero-order chi connectivity index (χ0) is 14.3. The van der Waals surface area contributed by atoms with Gasteiger partial charge in [0.25, 0.3) is 0 Å². The minimum Gasteiger partial charge on any atom is -0.464 e. The summed E-state index contributed by atoms with van der Waals surface area (Å²) in [5.74, 6) is -0.673. The average Bonchev–Trinajstić information content (AvgIpc) is 2.88. The maximum Gasteiger partial charge on any atom is 0.351 e. The average molecular weight is 272 g/mol. The van der Waals surface area contributed by atoms with Crippen LogP contribution in [0.25, 0.3) is 21.9 Å². The van der Waals surface area contributed by atoms with Crippen molar-refractivity contribution in [2.75, 3.05) is 6.61 Å². The lowest BCUT2D eigenvalue weighted by Crippen LogP contribution is -2.16. The predicted molar refractivity (Wildman–Crippen MR) is 72.9 cm³/mol. The van der Waals surface area contributed by atoms with Crippen LogP contribution in [0.1, 0.15) is 22.8 Å². The van der Waals surface area contributed by atoms with E-state index in [2.05, 4.69) is 0 Å². The molecular weight excluding hydrogens is 260 g/mol. The van der Waals surface area contributed by atoms with E-state index in [1.54, 1.807) is 20.1 Å². The molecule has 0 saturated carbocycles. The van der Waals surface area contributed by atoms with Gasteiger partial charge in [0.2, 0.25) is 0 Å². The highest BCUT2D eigenvalue weighted by Gasteiger charge is 2.17. The molecular formula is C15H12O5. The molecule has 0 unspecified atom stereocenters. The van der Waals surface area contributed by atoms with E-state index in [1.807, 2.05) is 12.1 Å². The van der Waals surface area contributed by atoms with Gasteiger partial charge in [0, 0.05) is 16.3 Å². The standard InChI is InChI=1S/C15H12O5/c1-3-18-14(16)11-7-10-6-9-4-5-19-12(9)8(2)13(10)20-15(11)17/h4-7H,3H2,1-2H3. The summed E-state index contributed by atoms with van der Waals surface area (Å²) in [6.07, 6.45) is 1.57. The molecule has 5 nitrogen and oxygen atoms in total. The van der Waals surface area contributed by atoms with Crippen LogP contribution < -0.4 is 5.63 Å². The third-order valence-electron chi connectivity index (χ3n) is 3.16. The van der Waals surface area contributed by atoms with Gasteiger partial charge < -0.3 is 13.6 Å². The summed E-state index contributed by atoms with van der Waals surface area (Å²) in [7, 11) is 0. The van der Waals surface area contributed by atoms with Gasteiger partial charge in [-0.15, -0.1) is 0 Å². The molecule has 1 aromatic carbocycles. The lowest BCUT2D eigenvalue weighted by molar-refractivity contribution is 0.0522. The van der Waals surface area contributed by atoms with E-state index in [-0.39, 0.29) is 12.2 Å². The molecule has 0 amide bonds. The maximum atomic E-state index is 11.9. The van der Waals surface area contributed by atoms with Crippen LogP contribution in [0.3, 0.4) is 0 Å². The number of carbonyl (C=O) groups excluding carboxylic acids is 1. The van der Waals surface area contributed by atoms with Crippen molar-refractivity contribution in [3.05, 3.63) is 46.0 Å². The Morgan fingerprint density at radius 2 is 2.05 bits per heavy atom. The van der Waals surface area contributed by atoms with E-state index < -0.39 is 11.6 Å². The highest BCUT2D eigenvalue weighted by atomic mass is 16.5. The first-order valence-electron chi connectivity index (χ1n) is 6.23. The molecule has 2 aromatic heterocycles. The first-order valence-corrected chi connectivity index (χ1v) is 6.23. The molecule has 0 aliphatic rings. The summed E-state index contributed by atoms with van der Waals surface area (Å²) in [4.78, 5) is 23.6. The number of hydrogen-bond donors (Lipinski definition) is 0. The van der Waals surface area contributed by atoms with Crippen molar-refractivity contribution in [1.29, 1.82) is 0 Å². The smallest absolute Gasteiger partial charge is 0.351 e. The van der Waals surface area contributed by atoms with Crippen LogP contribution in [0, 0.1) is 6.92 Å². The number of fused-ring (bicyclic) bond motifs is 2. The molecule has 0 aliphatic heterocycles. The third-order valence-corrected chi connectivity index (χ3v) is 3.16. The van der Waals surface area contributed by atoms with Gasteiger partial charge in [-0.1, -0.05) is 0 Å². The minimum atomic E-state index is -0.704. The Morgan fingerprint density at radius 3 is 2.80 bits per heavy atom. The molecule has 0 aliphatic carbocycles. The molecule has 0 spiro atoms. The fourth-order valence-corrected chi connectivity index (χ4v) is 2.25. The molecule has 3 rings (SSSR count). The van der Waals surface area contributed by atoms with E-state index >= 15 is 0 Å². The SMILES string of the molecule is CCOC(=O)c1cc2cc3ccoc3c(C)c2oc1=O. The lowest BCUT2D eigenvalue weighted by atomic mass is 10.1. The summed E-state index contributed by atoms with van der Waals surface area (Å²) in [6.45, 7) is 3.69. The second-order valence-corrected chi connectivity index (χ2v) is 4.43. The van der Waals surface area contributed by atoms with Crippen molar-refractivity contribution in [3.63, 3.8) is 0 Å². The Morgan fingerprint density at radius 1 is 1.25 bits per heavy atom. The highest BCUT2D eigenvalue weighted by Crippen LogP contribution is 2.28. The van der Waals surface area contributed by atoms with Crippen molar-refractivity contribution in [1.82, 2.24) is 0 Å². The zero-order valence-electron chi connectivity index (χ0n) is 11.1. The number of carbonyl (C=O) groups is 1. The fourth-order valence-electron chi connectivity index (χ4n) is 2.25. The first kappa shape index (κ1) is 12.5. The van der Waals surface area contributed by atoms with Gasteiger partial charge in [-0.2, -0.15) is 0 Å². The molecule has 2 heterocycles. The Balaban J connectivity index is 2.32. The summed E-state index contributed by atoms with van der Waals surface area (Å²) < 4.78 is 15.5. The fraction of sp³-hybridized carbons (Fsp3) is 0.200. The van der Waals surface area contributed by atoms with Gasteiger partial charge in [0.1, 0.15) is 16.7 Å². The number of benzene rings is 1. The monoisotopic (exact) mass is 272 g/mol. The molecule has 0 bridgehead atoms. The number of furan rings is 1. The number of rotatable bonds is 2. The van der Waals surface area contributed by atoms with Crippen molar-refractivity contribution < 1.29 is 18.4 Å². The maximum absolute atomic E-state index is 11.9. The van der Waals surface area contributed by atoms with Crippen molar-refractivity contribution in [3.8, 4) is 0 Å². The number of hydrogen-bond acceptors (Lipinski definition) is 5. The second kappa shape index (κ2) is 4.52. The minimum absolute atomic E-state index is 0.0957. The van der Waals surface area contributed by atoms with Gasteiger partial charge >= 0.3 is 11.6 Å². The third kappa shape index (κ3) is 1.79. The predicted octanol–water partition coefficient (Wildman–Crippen LogP) is 3.02. The van der Waals surface area contributed by atoms with Crippen molar-refractivity contribution in [2.45, 2.75) is 13.8 Å². The van der Waals surface area contributed by atoms with Gasteiger partial charge in [0.05, 0.1) is 12.9 Å². The molecule has 3 aromatic rings. The van der Waals surface area contributed by atoms with E-state index in [4.69, 9.17) is 13.6 Å². The van der Waals surface area contributed by atoms with Gasteiger partial charge in [0.15, 0.2) is 0 Å². The quantitative estimate of drug-likeness (QED) is 0.529. The Labute approximate surface area is 113 Å². The van der Waals surface area contributed by atoms with Crippen LogP contribution in [-0.2, 0) is 4.74 Å². The molecule has 0 atom stereocenters. The molecule has 20 heavy (non-hydrogen) atoms. The largest absolute Gasteiger partial charge is 0.464 e. The van der Waals surface area contributed by atoms with Crippen LogP contribution in [0.5, 0.6) is 0 Å². The second-order valence-electron chi connectivity index (χ2n) is 4.43. The lowest BCUT2D eigenvalue weighted by Gasteiger charge is -2.04. The Bertz CT molecular complexity index is 869. The van der Waals surface area contributed by atoms with Crippen LogP contribution >= 0.6 is 0 Å². The molecule has 102 valence electrons. The van der Waals surface area contributed by atoms with Crippen LogP contribution in [0.2, 0.25) is 0 Å². The summed E-state index contributed by atoms with van der Waals surface area (Å²) in [5, 5.41) is 1.55. The summed E-state index contributed by atoms with van der Waals surface area (Å²) in [6, 6.07) is 5.13. The normalized spacial score (nSPS) is 11.1. The summed E-state index contributed by atoms with van der Waals surface area (Å²) in [5.41, 5.74) is 1.02. The molecule has 0 N–H and O–H groups in total. The summed E-state index contributed by atoms with van der Waals surface area (Å²) >= 11 is 0. The van der Waals surface area contributed by atoms with E-state index in [0.29, 0.717) is 16.6 Å². The number of ether oxygens (including phenoxy) is 1. The van der Waals surface area contributed by atoms with E-state index in [1.165, 1.54) is 6.07 Å². The Kier molecular flexibility index (Phi) is 2.82. The topological polar surface area (TPSA) is 69.7 Å². The van der Waals surface area contributed by atoms with Crippen molar-refractivity contribution >= 4 is 27.9 Å². The van der Waals surface area contributed by atoms with Crippen LogP contribution in [0.15, 0.2) is 38.1 Å². The highest BCUT2D eigenvalue weighted by molar-refractivity contribution is 5.99.